The minimum Gasteiger partial charge on any atom is -0.362 e. The summed E-state index contributed by atoms with van der Waals surface area (Å²) in [6.07, 6.45) is 2.16. The van der Waals surface area contributed by atoms with Gasteiger partial charge in [-0.1, -0.05) is 31.0 Å². The second kappa shape index (κ2) is 8.82. The topological polar surface area (TPSA) is 70.2 Å². The molecule has 3 N–H and O–H groups in total. The van der Waals surface area contributed by atoms with Gasteiger partial charge < -0.3 is 10.6 Å². The van der Waals surface area contributed by atoms with Crippen LogP contribution in [0.15, 0.2) is 53.4 Å². The fourth-order valence-corrected chi connectivity index (χ4v) is 3.39. The number of sulfonamides is 1. The molecule has 0 amide bonds. The van der Waals surface area contributed by atoms with Crippen LogP contribution in [0.5, 0.6) is 0 Å². The third kappa shape index (κ3) is 6.03. The number of hydrogen-bond donors (Lipinski definition) is 3. The molecule has 0 saturated carbocycles. The van der Waals surface area contributed by atoms with E-state index in [1.54, 1.807) is 48.5 Å². The summed E-state index contributed by atoms with van der Waals surface area (Å²) in [7, 11) is -3.59. The molecule has 0 aliphatic rings. The molecule has 0 fully saturated rings. The molecule has 2 rings (SSSR count). The van der Waals surface area contributed by atoms with Crippen molar-refractivity contribution in [3.8, 4) is 0 Å². The summed E-state index contributed by atoms with van der Waals surface area (Å²) < 4.78 is 27.3. The summed E-state index contributed by atoms with van der Waals surface area (Å²) in [5.41, 5.74) is 2.31. The molecule has 0 bridgehead atoms. The number of thiocarbonyl (C=S) groups is 1. The Bertz CT molecular complexity index is 801. The van der Waals surface area contributed by atoms with Crippen LogP contribution in [0.2, 0.25) is 0 Å². The molecule has 0 unspecified atom stereocenters. The quantitative estimate of drug-likeness (QED) is 0.504. The predicted octanol–water partition coefficient (Wildman–Crippen LogP) is 3.88. The van der Waals surface area contributed by atoms with E-state index in [9.17, 15) is 8.42 Å². The first-order chi connectivity index (χ1) is 11.9. The van der Waals surface area contributed by atoms with Crippen LogP contribution in [0.1, 0.15) is 25.3 Å². The van der Waals surface area contributed by atoms with E-state index in [-0.39, 0.29) is 4.90 Å². The van der Waals surface area contributed by atoms with Crippen LogP contribution in [0.4, 0.5) is 11.4 Å². The SMILES string of the molecule is CCCCNC(=S)Nc1ccc(NS(=O)(=O)c2ccc(C)cc2)cc1. The zero-order valence-electron chi connectivity index (χ0n) is 14.4. The lowest BCUT2D eigenvalue weighted by Crippen LogP contribution is -2.29. The number of anilines is 2. The van der Waals surface area contributed by atoms with Gasteiger partial charge in [-0.2, -0.15) is 0 Å². The number of rotatable bonds is 7. The van der Waals surface area contributed by atoms with E-state index in [0.29, 0.717) is 10.8 Å². The lowest BCUT2D eigenvalue weighted by molar-refractivity contribution is 0.601. The first-order valence-electron chi connectivity index (χ1n) is 8.15. The predicted molar refractivity (Wildman–Crippen MR) is 108 cm³/mol. The molecule has 0 aliphatic carbocycles. The molecular weight excluding hydrogens is 354 g/mol. The Morgan fingerprint density at radius 2 is 1.60 bits per heavy atom. The van der Waals surface area contributed by atoms with Crippen LogP contribution < -0.4 is 15.4 Å². The molecule has 5 nitrogen and oxygen atoms in total. The molecule has 7 heteroatoms. The van der Waals surface area contributed by atoms with Crippen molar-refractivity contribution in [2.75, 3.05) is 16.6 Å². The molecule has 0 spiro atoms. The van der Waals surface area contributed by atoms with Crippen LogP contribution in [-0.2, 0) is 10.0 Å². The first kappa shape index (κ1) is 19.2. The van der Waals surface area contributed by atoms with Crippen LogP contribution in [0, 0.1) is 6.92 Å². The summed E-state index contributed by atoms with van der Waals surface area (Å²) in [5, 5.41) is 6.75. The Labute approximate surface area is 154 Å². The summed E-state index contributed by atoms with van der Waals surface area (Å²) in [6.45, 7) is 4.86. The van der Waals surface area contributed by atoms with Gasteiger partial charge in [0.15, 0.2) is 5.11 Å². The van der Waals surface area contributed by atoms with E-state index in [1.165, 1.54) is 0 Å². The molecule has 25 heavy (non-hydrogen) atoms. The highest BCUT2D eigenvalue weighted by molar-refractivity contribution is 7.92. The number of aryl methyl sites for hydroxylation is 1. The van der Waals surface area contributed by atoms with E-state index in [1.807, 2.05) is 6.92 Å². The largest absolute Gasteiger partial charge is 0.362 e. The van der Waals surface area contributed by atoms with Gasteiger partial charge in [0.2, 0.25) is 0 Å². The van der Waals surface area contributed by atoms with Gasteiger partial charge in [-0.05, 0) is 62.0 Å². The van der Waals surface area contributed by atoms with Gasteiger partial charge in [-0.25, -0.2) is 8.42 Å². The summed E-state index contributed by atoms with van der Waals surface area (Å²) in [6, 6.07) is 13.7. The van der Waals surface area contributed by atoms with Gasteiger partial charge in [0, 0.05) is 17.9 Å². The van der Waals surface area contributed by atoms with E-state index in [0.717, 1.165) is 30.6 Å². The zero-order valence-corrected chi connectivity index (χ0v) is 16.0. The fourth-order valence-electron chi connectivity index (χ4n) is 2.11. The lowest BCUT2D eigenvalue weighted by Gasteiger charge is -2.12. The summed E-state index contributed by atoms with van der Waals surface area (Å²) in [4.78, 5) is 0.238. The highest BCUT2D eigenvalue weighted by Crippen LogP contribution is 2.18. The van der Waals surface area contributed by atoms with Crippen molar-refractivity contribution in [3.63, 3.8) is 0 Å². The molecule has 0 aliphatic heterocycles. The Balaban J connectivity index is 1.97. The van der Waals surface area contributed by atoms with Gasteiger partial charge in [0.25, 0.3) is 10.0 Å². The van der Waals surface area contributed by atoms with Gasteiger partial charge in [0.05, 0.1) is 4.90 Å². The first-order valence-corrected chi connectivity index (χ1v) is 10.0. The Hall–Kier alpha value is -2.12. The summed E-state index contributed by atoms with van der Waals surface area (Å²) in [5.74, 6) is 0. The van der Waals surface area contributed by atoms with Gasteiger partial charge in [0.1, 0.15) is 0 Å². The molecule has 0 aromatic heterocycles. The van der Waals surface area contributed by atoms with Crippen molar-refractivity contribution in [2.24, 2.45) is 0 Å². The molecule has 0 atom stereocenters. The highest BCUT2D eigenvalue weighted by atomic mass is 32.2. The normalized spacial score (nSPS) is 11.0. The standard InChI is InChI=1S/C18H23N3O2S2/c1-3-4-13-19-18(24)20-15-7-9-16(10-8-15)21-25(22,23)17-11-5-14(2)6-12-17/h5-12,21H,3-4,13H2,1-2H3,(H2,19,20,24). The van der Waals surface area contributed by atoms with Gasteiger partial charge >= 0.3 is 0 Å². The number of unbranched alkanes of at least 4 members (excludes halogenated alkanes) is 1. The molecule has 134 valence electrons. The Morgan fingerprint density at radius 3 is 2.20 bits per heavy atom. The van der Waals surface area contributed by atoms with Crippen molar-refractivity contribution in [1.29, 1.82) is 0 Å². The second-order valence-corrected chi connectivity index (χ2v) is 7.82. The number of benzene rings is 2. The molecule has 2 aromatic rings. The molecular formula is C18H23N3O2S2. The highest BCUT2D eigenvalue weighted by Gasteiger charge is 2.13. The second-order valence-electron chi connectivity index (χ2n) is 5.73. The number of nitrogens with one attached hydrogen (secondary N) is 3. The van der Waals surface area contributed by atoms with Crippen LogP contribution in [0.3, 0.4) is 0 Å². The average Bonchev–Trinajstić information content (AvgIpc) is 2.57. The number of hydrogen-bond acceptors (Lipinski definition) is 3. The lowest BCUT2D eigenvalue weighted by atomic mass is 10.2. The van der Waals surface area contributed by atoms with Gasteiger partial charge in [-0.15, -0.1) is 0 Å². The van der Waals surface area contributed by atoms with Crippen molar-refractivity contribution in [3.05, 3.63) is 54.1 Å². The molecule has 0 radical (unpaired) electrons. The Kier molecular flexibility index (Phi) is 6.78. The van der Waals surface area contributed by atoms with Gasteiger partial charge in [-0.3, -0.25) is 4.72 Å². The van der Waals surface area contributed by atoms with Crippen molar-refractivity contribution in [1.82, 2.24) is 5.32 Å². The van der Waals surface area contributed by atoms with Crippen LogP contribution in [0.25, 0.3) is 0 Å². The third-order valence-corrected chi connectivity index (χ3v) is 5.19. The van der Waals surface area contributed by atoms with Crippen LogP contribution >= 0.6 is 12.2 Å². The maximum Gasteiger partial charge on any atom is 0.261 e. The smallest absolute Gasteiger partial charge is 0.261 e. The monoisotopic (exact) mass is 377 g/mol. The summed E-state index contributed by atoms with van der Waals surface area (Å²) >= 11 is 5.21. The molecule has 2 aromatic carbocycles. The fraction of sp³-hybridized carbons (Fsp3) is 0.278. The maximum absolute atomic E-state index is 12.4. The Morgan fingerprint density at radius 1 is 1.00 bits per heavy atom. The van der Waals surface area contributed by atoms with E-state index < -0.39 is 10.0 Å². The van der Waals surface area contributed by atoms with E-state index in [4.69, 9.17) is 12.2 Å². The van der Waals surface area contributed by atoms with Crippen molar-refractivity contribution in [2.45, 2.75) is 31.6 Å². The maximum atomic E-state index is 12.4. The molecule has 0 saturated heterocycles. The van der Waals surface area contributed by atoms with Crippen molar-refractivity contribution < 1.29 is 8.42 Å². The minimum atomic E-state index is -3.59. The van der Waals surface area contributed by atoms with Crippen molar-refractivity contribution >= 4 is 38.7 Å². The van der Waals surface area contributed by atoms with E-state index in [2.05, 4.69) is 22.3 Å². The molecule has 0 heterocycles. The van der Waals surface area contributed by atoms with E-state index >= 15 is 0 Å². The zero-order chi connectivity index (χ0) is 18.3. The third-order valence-electron chi connectivity index (χ3n) is 3.54. The van der Waals surface area contributed by atoms with Crippen LogP contribution in [-0.4, -0.2) is 20.1 Å². The average molecular weight is 378 g/mol. The minimum absolute atomic E-state index is 0.238.